The molecule has 1 aromatic carbocycles. The third-order valence-corrected chi connectivity index (χ3v) is 4.13. The van der Waals surface area contributed by atoms with E-state index in [1.54, 1.807) is 0 Å². The number of pyridine rings is 1. The summed E-state index contributed by atoms with van der Waals surface area (Å²) in [5, 5.41) is 0. The zero-order chi connectivity index (χ0) is 14.6. The smallest absolute Gasteiger partial charge is 0.111 e. The van der Waals surface area contributed by atoms with Crippen LogP contribution in [0.4, 0.5) is 0 Å². The van der Waals surface area contributed by atoms with E-state index >= 15 is 0 Å². The molecule has 0 aliphatic rings. The summed E-state index contributed by atoms with van der Waals surface area (Å²) >= 11 is 0. The topological polar surface area (TPSA) is 22.2 Å². The Bertz CT molecular complexity index is 953. The van der Waals surface area contributed by atoms with Crippen molar-refractivity contribution in [1.82, 2.24) is 14.0 Å². The van der Waals surface area contributed by atoms with E-state index in [9.17, 15) is 0 Å². The standard InChI is InChI=1S/C18H17N3/c1-12-7-6-8-13(2)17(12)21-14(3)19-15-11-20-10-5-4-9-16(20)18(15)21/h4-11H,1-3H3. The fourth-order valence-corrected chi connectivity index (χ4v) is 3.22. The molecule has 3 nitrogen and oxygen atoms in total. The van der Waals surface area contributed by atoms with Crippen molar-refractivity contribution >= 4 is 16.6 Å². The molecule has 0 saturated heterocycles. The molecule has 0 amide bonds. The average Bonchev–Trinajstić information content (AvgIpc) is 2.95. The van der Waals surface area contributed by atoms with E-state index in [0.29, 0.717) is 0 Å². The van der Waals surface area contributed by atoms with Crippen molar-refractivity contribution in [2.24, 2.45) is 0 Å². The van der Waals surface area contributed by atoms with Crippen molar-refractivity contribution in [3.8, 4) is 5.69 Å². The van der Waals surface area contributed by atoms with Crippen LogP contribution < -0.4 is 0 Å². The maximum Gasteiger partial charge on any atom is 0.111 e. The van der Waals surface area contributed by atoms with Gasteiger partial charge in [0.2, 0.25) is 0 Å². The highest BCUT2D eigenvalue weighted by molar-refractivity contribution is 5.94. The highest BCUT2D eigenvalue weighted by Gasteiger charge is 2.16. The van der Waals surface area contributed by atoms with Gasteiger partial charge in [0.25, 0.3) is 0 Å². The zero-order valence-corrected chi connectivity index (χ0v) is 12.5. The molecule has 21 heavy (non-hydrogen) atoms. The Morgan fingerprint density at radius 3 is 2.43 bits per heavy atom. The lowest BCUT2D eigenvalue weighted by atomic mass is 10.1. The summed E-state index contributed by atoms with van der Waals surface area (Å²) in [6, 6.07) is 12.7. The van der Waals surface area contributed by atoms with E-state index in [-0.39, 0.29) is 0 Å². The number of hydrogen-bond acceptors (Lipinski definition) is 1. The number of benzene rings is 1. The SMILES string of the molecule is Cc1cccc(C)c1-n1c(C)nc2cn3ccccc3c21. The molecule has 0 N–H and O–H groups in total. The number of nitrogens with zero attached hydrogens (tertiary/aromatic N) is 3. The Hall–Kier alpha value is -2.55. The highest BCUT2D eigenvalue weighted by atomic mass is 15.1. The van der Waals surface area contributed by atoms with Gasteiger partial charge in [-0.2, -0.15) is 0 Å². The van der Waals surface area contributed by atoms with Crippen LogP contribution in [0.15, 0.2) is 48.8 Å². The average molecular weight is 275 g/mol. The molecule has 4 aromatic rings. The molecule has 0 aliphatic carbocycles. The summed E-state index contributed by atoms with van der Waals surface area (Å²) in [4.78, 5) is 4.75. The normalized spacial score (nSPS) is 11.6. The van der Waals surface area contributed by atoms with Crippen LogP contribution in [0.25, 0.3) is 22.2 Å². The molecule has 0 aliphatic heterocycles. The van der Waals surface area contributed by atoms with Crippen LogP contribution >= 0.6 is 0 Å². The molecular formula is C18H17N3. The van der Waals surface area contributed by atoms with Crippen LogP contribution in [-0.4, -0.2) is 14.0 Å². The van der Waals surface area contributed by atoms with Crippen molar-refractivity contribution in [3.63, 3.8) is 0 Å². The van der Waals surface area contributed by atoms with Gasteiger partial charge in [-0.05, 0) is 44.0 Å². The molecule has 4 rings (SSSR count). The fraction of sp³-hybridized carbons (Fsp3) is 0.167. The Kier molecular flexibility index (Phi) is 2.45. The number of aryl methyl sites for hydroxylation is 3. The van der Waals surface area contributed by atoms with Crippen LogP contribution in [0.5, 0.6) is 0 Å². The Morgan fingerprint density at radius 2 is 1.67 bits per heavy atom. The van der Waals surface area contributed by atoms with E-state index in [1.807, 2.05) is 6.07 Å². The number of fused-ring (bicyclic) bond motifs is 3. The lowest BCUT2D eigenvalue weighted by molar-refractivity contribution is 0.975. The molecule has 0 saturated carbocycles. The van der Waals surface area contributed by atoms with Crippen molar-refractivity contribution in [2.75, 3.05) is 0 Å². The van der Waals surface area contributed by atoms with Crippen LogP contribution in [0.3, 0.4) is 0 Å². The number of rotatable bonds is 1. The maximum atomic E-state index is 4.75. The van der Waals surface area contributed by atoms with Gasteiger partial charge in [-0.1, -0.05) is 24.3 Å². The lowest BCUT2D eigenvalue weighted by Crippen LogP contribution is -2.02. The first-order valence-corrected chi connectivity index (χ1v) is 7.18. The van der Waals surface area contributed by atoms with Crippen molar-refractivity contribution in [2.45, 2.75) is 20.8 Å². The molecule has 0 unspecified atom stereocenters. The number of para-hydroxylation sites is 1. The van der Waals surface area contributed by atoms with E-state index < -0.39 is 0 Å². The van der Waals surface area contributed by atoms with Gasteiger partial charge in [-0.25, -0.2) is 4.98 Å². The minimum atomic E-state index is 1.03. The van der Waals surface area contributed by atoms with Gasteiger partial charge in [0, 0.05) is 12.4 Å². The predicted octanol–water partition coefficient (Wildman–Crippen LogP) is 4.20. The molecule has 0 fully saturated rings. The first kappa shape index (κ1) is 12.2. The monoisotopic (exact) mass is 275 g/mol. The van der Waals surface area contributed by atoms with Crippen LogP contribution in [0, 0.1) is 20.8 Å². The zero-order valence-electron chi connectivity index (χ0n) is 12.5. The second kappa shape index (κ2) is 4.22. The summed E-state index contributed by atoms with van der Waals surface area (Å²) in [5.74, 6) is 1.03. The van der Waals surface area contributed by atoms with E-state index in [2.05, 4.69) is 72.5 Å². The third-order valence-electron chi connectivity index (χ3n) is 4.13. The summed E-state index contributed by atoms with van der Waals surface area (Å²) < 4.78 is 4.43. The highest BCUT2D eigenvalue weighted by Crippen LogP contribution is 2.29. The molecule has 3 heteroatoms. The molecule has 0 radical (unpaired) electrons. The Balaban J connectivity index is 2.20. The first-order valence-electron chi connectivity index (χ1n) is 7.18. The van der Waals surface area contributed by atoms with Crippen LogP contribution in [0.2, 0.25) is 0 Å². The summed E-state index contributed by atoms with van der Waals surface area (Å²) in [6.07, 6.45) is 4.17. The van der Waals surface area contributed by atoms with Crippen LogP contribution in [-0.2, 0) is 0 Å². The number of imidazole rings is 1. The van der Waals surface area contributed by atoms with Gasteiger partial charge in [0.05, 0.1) is 16.7 Å². The molecular weight excluding hydrogens is 258 g/mol. The van der Waals surface area contributed by atoms with E-state index in [0.717, 1.165) is 11.3 Å². The second-order valence-corrected chi connectivity index (χ2v) is 5.59. The van der Waals surface area contributed by atoms with Gasteiger partial charge < -0.3 is 4.40 Å². The number of aromatic nitrogens is 3. The quantitative estimate of drug-likeness (QED) is 0.510. The van der Waals surface area contributed by atoms with Gasteiger partial charge in [0.15, 0.2) is 0 Å². The van der Waals surface area contributed by atoms with Gasteiger partial charge in [0.1, 0.15) is 11.3 Å². The van der Waals surface area contributed by atoms with Crippen molar-refractivity contribution in [1.29, 1.82) is 0 Å². The molecule has 3 heterocycles. The Labute approximate surface area is 123 Å². The molecule has 0 atom stereocenters. The third kappa shape index (κ3) is 1.64. The van der Waals surface area contributed by atoms with Gasteiger partial charge in [-0.15, -0.1) is 0 Å². The second-order valence-electron chi connectivity index (χ2n) is 5.59. The lowest BCUT2D eigenvalue weighted by Gasteiger charge is -2.13. The molecule has 0 spiro atoms. The molecule has 3 aromatic heterocycles. The predicted molar refractivity (Wildman–Crippen MR) is 86.2 cm³/mol. The minimum Gasteiger partial charge on any atom is -0.320 e. The Morgan fingerprint density at radius 1 is 0.905 bits per heavy atom. The van der Waals surface area contributed by atoms with E-state index in [4.69, 9.17) is 4.98 Å². The first-order chi connectivity index (χ1) is 10.2. The van der Waals surface area contributed by atoms with E-state index in [1.165, 1.54) is 27.8 Å². The number of hydrogen-bond donors (Lipinski definition) is 0. The maximum absolute atomic E-state index is 4.75. The largest absolute Gasteiger partial charge is 0.320 e. The summed E-state index contributed by atoms with van der Waals surface area (Å²) in [6.45, 7) is 6.39. The van der Waals surface area contributed by atoms with Gasteiger partial charge >= 0.3 is 0 Å². The summed E-state index contributed by atoms with van der Waals surface area (Å²) in [7, 11) is 0. The summed E-state index contributed by atoms with van der Waals surface area (Å²) in [5.41, 5.74) is 7.21. The van der Waals surface area contributed by atoms with Crippen molar-refractivity contribution < 1.29 is 0 Å². The van der Waals surface area contributed by atoms with Gasteiger partial charge in [-0.3, -0.25) is 4.57 Å². The molecule has 104 valence electrons. The fourth-order valence-electron chi connectivity index (χ4n) is 3.22. The van der Waals surface area contributed by atoms with Crippen LogP contribution in [0.1, 0.15) is 17.0 Å². The minimum absolute atomic E-state index is 1.03. The van der Waals surface area contributed by atoms with Crippen molar-refractivity contribution in [3.05, 3.63) is 65.7 Å². The molecule has 0 bridgehead atoms.